The van der Waals surface area contributed by atoms with Crippen LogP contribution in [-0.2, 0) is 4.65 Å². The molecule has 1 unspecified atom stereocenters. The molecule has 1 aromatic rings. The van der Waals surface area contributed by atoms with E-state index < -0.39 is 24.4 Å². The number of nitrogens with zero attached hydrogens (tertiary/aromatic N) is 1. The first-order chi connectivity index (χ1) is 10.9. The number of aliphatic hydroxyl groups is 1. The summed E-state index contributed by atoms with van der Waals surface area (Å²) in [7, 11) is -1.19. The Morgan fingerprint density at radius 3 is 2.17 bits per heavy atom. The van der Waals surface area contributed by atoms with Gasteiger partial charge in [-0.05, 0) is 58.6 Å². The molecule has 0 spiro atoms. The quantitative estimate of drug-likeness (QED) is 0.659. The van der Waals surface area contributed by atoms with Crippen LogP contribution in [0.1, 0.15) is 48.0 Å². The zero-order chi connectivity index (χ0) is 18.7. The van der Waals surface area contributed by atoms with Crippen molar-refractivity contribution in [1.82, 2.24) is 0 Å². The molecule has 0 aromatic heterocycles. The van der Waals surface area contributed by atoms with Gasteiger partial charge in [0, 0.05) is 11.7 Å². The van der Waals surface area contributed by atoms with Crippen LogP contribution in [0.15, 0.2) is 24.3 Å². The summed E-state index contributed by atoms with van der Waals surface area (Å²) >= 11 is 0. The van der Waals surface area contributed by atoms with Crippen molar-refractivity contribution >= 4 is 24.3 Å². The van der Waals surface area contributed by atoms with Crippen LogP contribution in [0.4, 0.5) is 10.5 Å². The van der Waals surface area contributed by atoms with Crippen LogP contribution < -0.4 is 16.1 Å². The van der Waals surface area contributed by atoms with Gasteiger partial charge in [-0.15, -0.1) is 0 Å². The molecule has 1 atom stereocenters. The Balaban J connectivity index is 2.96. The van der Waals surface area contributed by atoms with Gasteiger partial charge >= 0.3 is 13.1 Å². The van der Waals surface area contributed by atoms with Crippen LogP contribution >= 0.6 is 0 Å². The average Bonchev–Trinajstić information content (AvgIpc) is 2.45. The molecule has 4 N–H and O–H groups in total. The molecular formula is C17H29BN2O4. The van der Waals surface area contributed by atoms with Crippen LogP contribution in [0.2, 0.25) is 0 Å². The first-order valence-electron chi connectivity index (χ1n) is 8.17. The Kier molecular flexibility index (Phi) is 6.44. The summed E-state index contributed by atoms with van der Waals surface area (Å²) in [6.45, 7) is 10.6. The highest BCUT2D eigenvalue weighted by molar-refractivity contribution is 6.60. The van der Waals surface area contributed by atoms with E-state index in [0.717, 1.165) is 6.42 Å². The summed E-state index contributed by atoms with van der Waals surface area (Å²) in [6, 6.07) is 6.25. The van der Waals surface area contributed by atoms with Crippen LogP contribution in [0, 0.1) is 0 Å². The van der Waals surface area contributed by atoms with E-state index in [0.29, 0.717) is 11.2 Å². The van der Waals surface area contributed by atoms with Gasteiger partial charge < -0.3 is 20.5 Å². The molecule has 0 aliphatic carbocycles. The maximum absolute atomic E-state index is 11.7. The SMILES string of the molecule is CCC(C)N(C(N)=O)c1ccc(B(O)OC(C)(C)C(C)(C)O)cc1. The third-order valence-electron chi connectivity index (χ3n) is 4.61. The van der Waals surface area contributed by atoms with Crippen LogP contribution in [0.3, 0.4) is 0 Å². The van der Waals surface area contributed by atoms with E-state index in [1.165, 1.54) is 4.90 Å². The zero-order valence-corrected chi connectivity index (χ0v) is 15.4. The minimum absolute atomic E-state index is 0.0244. The molecule has 7 heteroatoms. The lowest BCUT2D eigenvalue weighted by Crippen LogP contribution is -2.53. The van der Waals surface area contributed by atoms with Crippen molar-refractivity contribution in [2.45, 2.75) is 65.2 Å². The number of primary amides is 1. The van der Waals surface area contributed by atoms with Crippen LogP contribution in [0.25, 0.3) is 0 Å². The van der Waals surface area contributed by atoms with Gasteiger partial charge in [0.2, 0.25) is 0 Å². The van der Waals surface area contributed by atoms with Crippen molar-refractivity contribution in [2.24, 2.45) is 5.73 Å². The van der Waals surface area contributed by atoms with Gasteiger partial charge in [0.05, 0.1) is 11.2 Å². The number of hydrogen-bond acceptors (Lipinski definition) is 4. The van der Waals surface area contributed by atoms with Crippen molar-refractivity contribution in [3.63, 3.8) is 0 Å². The maximum atomic E-state index is 11.7. The molecule has 24 heavy (non-hydrogen) atoms. The Bertz CT molecular complexity index is 555. The van der Waals surface area contributed by atoms with Gasteiger partial charge in [-0.2, -0.15) is 0 Å². The summed E-state index contributed by atoms with van der Waals surface area (Å²) < 4.78 is 5.61. The van der Waals surface area contributed by atoms with E-state index in [1.54, 1.807) is 52.0 Å². The highest BCUT2D eigenvalue weighted by Gasteiger charge is 2.39. The number of urea groups is 1. The van der Waals surface area contributed by atoms with E-state index in [2.05, 4.69) is 0 Å². The summed E-state index contributed by atoms with van der Waals surface area (Å²) in [4.78, 5) is 13.2. The number of benzene rings is 1. The summed E-state index contributed by atoms with van der Waals surface area (Å²) in [6.07, 6.45) is 0.774. The molecule has 6 nitrogen and oxygen atoms in total. The highest BCUT2D eigenvalue weighted by atomic mass is 16.5. The largest absolute Gasteiger partial charge is 0.491 e. The summed E-state index contributed by atoms with van der Waals surface area (Å²) in [5, 5.41) is 20.4. The van der Waals surface area contributed by atoms with E-state index >= 15 is 0 Å². The number of hydrogen-bond donors (Lipinski definition) is 3. The van der Waals surface area contributed by atoms with E-state index in [-0.39, 0.29) is 6.04 Å². The minimum Gasteiger partial charge on any atom is -0.423 e. The molecule has 0 bridgehead atoms. The molecule has 1 aromatic carbocycles. The fourth-order valence-corrected chi connectivity index (χ4v) is 2.07. The van der Waals surface area contributed by atoms with Gasteiger partial charge in [-0.25, -0.2) is 4.79 Å². The molecule has 0 radical (unpaired) electrons. The van der Waals surface area contributed by atoms with Crippen LogP contribution in [0.5, 0.6) is 0 Å². The molecule has 0 saturated carbocycles. The Hall–Kier alpha value is -1.57. The minimum atomic E-state index is -1.19. The van der Waals surface area contributed by atoms with Gasteiger partial charge in [-0.1, -0.05) is 19.1 Å². The van der Waals surface area contributed by atoms with Crippen molar-refractivity contribution < 1.29 is 19.6 Å². The lowest BCUT2D eigenvalue weighted by Gasteiger charge is -2.38. The molecule has 0 saturated heterocycles. The van der Waals surface area contributed by atoms with Gasteiger partial charge in [0.25, 0.3) is 0 Å². The molecule has 0 aliphatic heterocycles. The number of amides is 2. The molecule has 134 valence electrons. The lowest BCUT2D eigenvalue weighted by molar-refractivity contribution is -0.0982. The van der Waals surface area contributed by atoms with Crippen LogP contribution in [-0.4, -0.2) is 40.5 Å². The number of carbonyl (C=O) groups is 1. The fourth-order valence-electron chi connectivity index (χ4n) is 2.07. The van der Waals surface area contributed by atoms with Gasteiger partial charge in [-0.3, -0.25) is 4.90 Å². The first kappa shape index (κ1) is 20.5. The Morgan fingerprint density at radius 2 is 1.79 bits per heavy atom. The molecule has 0 heterocycles. The zero-order valence-electron chi connectivity index (χ0n) is 15.4. The predicted molar refractivity (Wildman–Crippen MR) is 97.3 cm³/mol. The monoisotopic (exact) mass is 336 g/mol. The average molecular weight is 336 g/mol. The van der Waals surface area contributed by atoms with Crippen molar-refractivity contribution in [1.29, 1.82) is 0 Å². The Labute approximate surface area is 144 Å². The fraction of sp³-hybridized carbons (Fsp3) is 0.588. The van der Waals surface area contributed by atoms with Gasteiger partial charge in [0.15, 0.2) is 0 Å². The second-order valence-corrected chi connectivity index (χ2v) is 7.10. The van der Waals surface area contributed by atoms with E-state index in [4.69, 9.17) is 10.4 Å². The van der Waals surface area contributed by atoms with Crippen molar-refractivity contribution in [2.75, 3.05) is 4.90 Å². The van der Waals surface area contributed by atoms with E-state index in [9.17, 15) is 14.9 Å². The van der Waals surface area contributed by atoms with Gasteiger partial charge in [0.1, 0.15) is 0 Å². The van der Waals surface area contributed by atoms with Crippen molar-refractivity contribution in [3.05, 3.63) is 24.3 Å². The number of carbonyl (C=O) groups excluding carboxylic acids is 1. The maximum Gasteiger partial charge on any atom is 0.491 e. The summed E-state index contributed by atoms with van der Waals surface area (Å²) in [5.41, 5.74) is 4.59. The second-order valence-electron chi connectivity index (χ2n) is 7.10. The normalized spacial score (nSPS) is 13.5. The topological polar surface area (TPSA) is 96.0 Å². The van der Waals surface area contributed by atoms with Crippen molar-refractivity contribution in [3.8, 4) is 0 Å². The number of nitrogens with two attached hydrogens (primary N) is 1. The smallest absolute Gasteiger partial charge is 0.423 e. The third kappa shape index (κ3) is 4.72. The predicted octanol–water partition coefficient (Wildman–Crippen LogP) is 1.62. The highest BCUT2D eigenvalue weighted by Crippen LogP contribution is 2.25. The standard InChI is InChI=1S/C17H29BN2O4/c1-7-12(2)20(15(19)21)14-10-8-13(9-11-14)18(23)24-17(5,6)16(3,4)22/h8-12,22-23H,7H2,1-6H3,(H2,19,21). The molecular weight excluding hydrogens is 307 g/mol. The Morgan fingerprint density at radius 1 is 1.29 bits per heavy atom. The second kappa shape index (κ2) is 7.55. The first-order valence-corrected chi connectivity index (χ1v) is 8.17. The molecule has 1 rings (SSSR count). The lowest BCUT2D eigenvalue weighted by atomic mass is 9.76. The van der Waals surface area contributed by atoms with E-state index in [1.807, 2.05) is 13.8 Å². The number of rotatable bonds is 7. The summed E-state index contributed by atoms with van der Waals surface area (Å²) in [5.74, 6) is 0. The molecule has 0 aliphatic rings. The molecule has 2 amide bonds. The molecule has 0 fully saturated rings. The number of anilines is 1. The third-order valence-corrected chi connectivity index (χ3v) is 4.61.